The molecule has 0 bridgehead atoms. The minimum atomic E-state index is -0.326. The number of carbonyl (C=O) groups is 2. The highest BCUT2D eigenvalue weighted by Gasteiger charge is 2.27. The van der Waals surface area contributed by atoms with Crippen LogP contribution in [0.1, 0.15) is 64.2 Å². The summed E-state index contributed by atoms with van der Waals surface area (Å²) in [6, 6.07) is 13.3. The summed E-state index contributed by atoms with van der Waals surface area (Å²) in [5.74, 6) is -0.690. The van der Waals surface area contributed by atoms with Crippen LogP contribution in [0.5, 0.6) is 0 Å². The zero-order valence-corrected chi connectivity index (χ0v) is 18.5. The van der Waals surface area contributed by atoms with Gasteiger partial charge in [0.05, 0.1) is 16.9 Å². The fourth-order valence-electron chi connectivity index (χ4n) is 4.80. The summed E-state index contributed by atoms with van der Waals surface area (Å²) < 4.78 is 15.2. The Morgan fingerprint density at radius 1 is 0.879 bits per heavy atom. The molecule has 2 heterocycles. The minimum absolute atomic E-state index is 0.0514. The Bertz CT molecular complexity index is 1180. The number of rotatable bonds is 4. The number of hydrogen-bond donors (Lipinski definition) is 1. The van der Waals surface area contributed by atoms with Crippen molar-refractivity contribution in [3.05, 3.63) is 76.9 Å². The third kappa shape index (κ3) is 4.27. The van der Waals surface area contributed by atoms with Crippen LogP contribution in [0, 0.1) is 5.82 Å². The number of aromatic nitrogens is 2. The van der Waals surface area contributed by atoms with Crippen LogP contribution in [0.3, 0.4) is 0 Å². The number of anilines is 1. The lowest BCUT2D eigenvalue weighted by Crippen LogP contribution is -2.36. The fraction of sp³-hybridized carbons (Fsp3) is 0.346. The predicted octanol–water partition coefficient (Wildman–Crippen LogP) is 4.77. The molecule has 5 rings (SSSR count). The Balaban J connectivity index is 1.45. The first-order valence-corrected chi connectivity index (χ1v) is 11.7. The highest BCUT2D eigenvalue weighted by Crippen LogP contribution is 2.28. The van der Waals surface area contributed by atoms with Crippen molar-refractivity contribution in [2.24, 2.45) is 0 Å². The Kier molecular flexibility index (Phi) is 5.94. The number of piperidine rings is 1. The molecular formula is C26H27FN4O2. The minimum Gasteiger partial charge on any atom is -0.339 e. The molecule has 1 N–H and O–H groups in total. The molecule has 2 amide bonds. The van der Waals surface area contributed by atoms with Crippen molar-refractivity contribution in [2.75, 3.05) is 18.4 Å². The number of fused-ring (bicyclic) bond motifs is 1. The number of amides is 2. The van der Waals surface area contributed by atoms with Crippen LogP contribution in [0.15, 0.2) is 48.5 Å². The quantitative estimate of drug-likeness (QED) is 0.628. The molecule has 2 aliphatic rings. The van der Waals surface area contributed by atoms with Gasteiger partial charge in [0.1, 0.15) is 5.82 Å². The summed E-state index contributed by atoms with van der Waals surface area (Å²) in [4.78, 5) is 28.3. The number of nitrogens with zero attached hydrogens (tertiary/aromatic N) is 3. The summed E-state index contributed by atoms with van der Waals surface area (Å²) in [5.41, 5.74) is 4.03. The second-order valence-electron chi connectivity index (χ2n) is 8.72. The molecule has 2 aromatic carbocycles. The molecule has 33 heavy (non-hydrogen) atoms. The van der Waals surface area contributed by atoms with Crippen LogP contribution in [-0.2, 0) is 12.8 Å². The van der Waals surface area contributed by atoms with Crippen LogP contribution < -0.4 is 5.32 Å². The maximum Gasteiger partial charge on any atom is 0.276 e. The van der Waals surface area contributed by atoms with Gasteiger partial charge in [0, 0.05) is 24.3 Å². The first kappa shape index (κ1) is 21.4. The Labute approximate surface area is 192 Å². The summed E-state index contributed by atoms with van der Waals surface area (Å²) in [5, 5.41) is 7.59. The number of likely N-dealkylation sites (tertiary alicyclic amines) is 1. The summed E-state index contributed by atoms with van der Waals surface area (Å²) >= 11 is 0. The maximum absolute atomic E-state index is 13.4. The Hall–Kier alpha value is -3.48. The van der Waals surface area contributed by atoms with E-state index in [4.69, 9.17) is 0 Å². The monoisotopic (exact) mass is 446 g/mol. The van der Waals surface area contributed by atoms with E-state index in [0.29, 0.717) is 16.9 Å². The van der Waals surface area contributed by atoms with Crippen LogP contribution in [0.25, 0.3) is 5.69 Å². The van der Waals surface area contributed by atoms with Crippen molar-refractivity contribution in [1.29, 1.82) is 0 Å². The first-order chi connectivity index (χ1) is 16.1. The number of carbonyl (C=O) groups excluding carboxylic acids is 2. The highest BCUT2D eigenvalue weighted by molar-refractivity contribution is 6.09. The van der Waals surface area contributed by atoms with Crippen LogP contribution in [0.2, 0.25) is 0 Å². The van der Waals surface area contributed by atoms with Gasteiger partial charge < -0.3 is 10.2 Å². The Morgan fingerprint density at radius 3 is 2.39 bits per heavy atom. The summed E-state index contributed by atoms with van der Waals surface area (Å²) in [6.45, 7) is 1.49. The van der Waals surface area contributed by atoms with E-state index in [0.717, 1.165) is 75.0 Å². The molecule has 170 valence electrons. The van der Waals surface area contributed by atoms with Crippen LogP contribution in [0.4, 0.5) is 10.1 Å². The second-order valence-corrected chi connectivity index (χ2v) is 8.72. The zero-order chi connectivity index (χ0) is 22.8. The van der Waals surface area contributed by atoms with Gasteiger partial charge in [0.15, 0.2) is 5.69 Å². The largest absolute Gasteiger partial charge is 0.339 e. The van der Waals surface area contributed by atoms with E-state index in [1.165, 1.54) is 12.1 Å². The third-order valence-corrected chi connectivity index (χ3v) is 6.52. The predicted molar refractivity (Wildman–Crippen MR) is 124 cm³/mol. The molecule has 0 saturated carbocycles. The van der Waals surface area contributed by atoms with Crippen molar-refractivity contribution in [3.8, 4) is 5.69 Å². The average molecular weight is 447 g/mol. The van der Waals surface area contributed by atoms with E-state index in [9.17, 15) is 14.0 Å². The lowest BCUT2D eigenvalue weighted by atomic mass is 9.95. The molecular weight excluding hydrogens is 419 g/mol. The van der Waals surface area contributed by atoms with Crippen molar-refractivity contribution >= 4 is 17.5 Å². The summed E-state index contributed by atoms with van der Waals surface area (Å²) in [7, 11) is 0. The molecule has 6 nitrogen and oxygen atoms in total. The SMILES string of the molecule is O=C(Nc1ccccc1C(=O)N1CCCCC1)c1nn(-c2ccc(F)cc2)c2c1CCCC2. The van der Waals surface area contributed by atoms with Crippen LogP contribution >= 0.6 is 0 Å². The third-order valence-electron chi connectivity index (χ3n) is 6.52. The molecule has 3 aromatic rings. The van der Waals surface area contributed by atoms with Gasteiger partial charge in [-0.1, -0.05) is 12.1 Å². The molecule has 1 aliphatic carbocycles. The number of benzene rings is 2. The van der Waals surface area contributed by atoms with E-state index in [1.807, 2.05) is 17.0 Å². The van der Waals surface area contributed by atoms with Gasteiger partial charge in [-0.3, -0.25) is 9.59 Å². The molecule has 1 fully saturated rings. The van der Waals surface area contributed by atoms with E-state index in [-0.39, 0.29) is 17.6 Å². The van der Waals surface area contributed by atoms with Crippen molar-refractivity contribution < 1.29 is 14.0 Å². The van der Waals surface area contributed by atoms with Crippen LogP contribution in [-0.4, -0.2) is 39.6 Å². The maximum atomic E-state index is 13.4. The standard InChI is InChI=1S/C26H27FN4O2/c27-18-12-14-19(15-13-18)31-23-11-5-3-9-21(23)24(29-31)25(32)28-22-10-4-2-8-20(22)26(33)30-16-6-1-7-17-30/h2,4,8,10,12-15H,1,3,5-7,9,11,16-17H2,(H,28,32). The molecule has 0 unspecified atom stereocenters. The van der Waals surface area contributed by atoms with E-state index in [2.05, 4.69) is 10.4 Å². The molecule has 7 heteroatoms. The van der Waals surface area contributed by atoms with E-state index in [1.54, 1.807) is 28.9 Å². The number of hydrogen-bond acceptors (Lipinski definition) is 3. The Morgan fingerprint density at radius 2 is 1.61 bits per heavy atom. The first-order valence-electron chi connectivity index (χ1n) is 11.7. The van der Waals surface area contributed by atoms with E-state index >= 15 is 0 Å². The average Bonchev–Trinajstić information content (AvgIpc) is 3.25. The van der Waals surface area contributed by atoms with Gasteiger partial charge in [-0.25, -0.2) is 9.07 Å². The topological polar surface area (TPSA) is 67.2 Å². The molecule has 0 spiro atoms. The van der Waals surface area contributed by atoms with Gasteiger partial charge >= 0.3 is 0 Å². The second kappa shape index (κ2) is 9.17. The normalized spacial score (nSPS) is 15.7. The molecule has 1 saturated heterocycles. The van der Waals surface area contributed by atoms with Gasteiger partial charge in [0.25, 0.3) is 11.8 Å². The lowest BCUT2D eigenvalue weighted by molar-refractivity contribution is 0.0725. The number of nitrogens with one attached hydrogen (secondary N) is 1. The van der Waals surface area contributed by atoms with Crippen molar-refractivity contribution in [2.45, 2.75) is 44.9 Å². The number of halogens is 1. The van der Waals surface area contributed by atoms with Gasteiger partial charge in [-0.2, -0.15) is 5.10 Å². The fourth-order valence-corrected chi connectivity index (χ4v) is 4.80. The number of para-hydroxylation sites is 1. The molecule has 1 aliphatic heterocycles. The molecule has 0 radical (unpaired) electrons. The molecule has 0 atom stereocenters. The van der Waals surface area contributed by atoms with E-state index < -0.39 is 0 Å². The summed E-state index contributed by atoms with van der Waals surface area (Å²) in [6.07, 6.45) is 6.76. The molecule has 1 aromatic heterocycles. The van der Waals surface area contributed by atoms with Gasteiger partial charge in [-0.15, -0.1) is 0 Å². The highest BCUT2D eigenvalue weighted by atomic mass is 19.1. The lowest BCUT2D eigenvalue weighted by Gasteiger charge is -2.27. The van der Waals surface area contributed by atoms with Gasteiger partial charge in [0.2, 0.25) is 0 Å². The smallest absolute Gasteiger partial charge is 0.276 e. The van der Waals surface area contributed by atoms with Crippen molar-refractivity contribution in [1.82, 2.24) is 14.7 Å². The zero-order valence-electron chi connectivity index (χ0n) is 18.5. The van der Waals surface area contributed by atoms with Gasteiger partial charge in [-0.05, 0) is 81.3 Å². The van der Waals surface area contributed by atoms with Crippen molar-refractivity contribution in [3.63, 3.8) is 0 Å².